The molecule has 0 atom stereocenters. The molecule has 0 aliphatic rings. The number of carbonyl (C=O) groups is 1. The van der Waals surface area contributed by atoms with E-state index in [0.29, 0.717) is 29.4 Å². The van der Waals surface area contributed by atoms with Crippen molar-refractivity contribution in [1.29, 1.82) is 0 Å². The van der Waals surface area contributed by atoms with Crippen molar-refractivity contribution in [3.63, 3.8) is 0 Å². The first-order chi connectivity index (χ1) is 9.24. The van der Waals surface area contributed by atoms with Crippen LogP contribution < -0.4 is 0 Å². The normalized spacial score (nSPS) is 10.4. The van der Waals surface area contributed by atoms with Crippen molar-refractivity contribution in [3.8, 4) is 10.7 Å². The maximum Gasteiger partial charge on any atom is 0.357 e. The average molecular weight is 278 g/mol. The van der Waals surface area contributed by atoms with E-state index in [9.17, 15) is 4.79 Å². The van der Waals surface area contributed by atoms with Crippen molar-refractivity contribution >= 4 is 17.3 Å². The number of aromatic nitrogens is 2. The third-order valence-electron chi connectivity index (χ3n) is 2.43. The third-order valence-corrected chi connectivity index (χ3v) is 3.30. The number of rotatable bonds is 5. The first kappa shape index (κ1) is 13.6. The zero-order valence-corrected chi connectivity index (χ0v) is 11.3. The quantitative estimate of drug-likeness (QED) is 0.846. The van der Waals surface area contributed by atoms with E-state index >= 15 is 0 Å². The molecule has 0 amide bonds. The zero-order valence-electron chi connectivity index (χ0n) is 10.5. The molecule has 6 heteroatoms. The van der Waals surface area contributed by atoms with Crippen LogP contribution in [-0.4, -0.2) is 34.3 Å². The fourth-order valence-corrected chi connectivity index (χ4v) is 2.28. The highest BCUT2D eigenvalue weighted by Crippen LogP contribution is 2.22. The largest absolute Gasteiger partial charge is 0.461 e. The van der Waals surface area contributed by atoms with E-state index in [1.54, 1.807) is 18.5 Å². The Kier molecular flexibility index (Phi) is 4.59. The Morgan fingerprint density at radius 1 is 1.47 bits per heavy atom. The molecule has 2 heterocycles. The minimum absolute atomic E-state index is 0.102. The number of esters is 1. The van der Waals surface area contributed by atoms with Gasteiger partial charge in [0.05, 0.1) is 12.3 Å². The van der Waals surface area contributed by atoms with Gasteiger partial charge < -0.3 is 9.84 Å². The van der Waals surface area contributed by atoms with E-state index in [-0.39, 0.29) is 6.61 Å². The number of pyridine rings is 1. The lowest BCUT2D eigenvalue weighted by molar-refractivity contribution is 0.0520. The van der Waals surface area contributed by atoms with Crippen molar-refractivity contribution in [3.05, 3.63) is 35.0 Å². The Labute approximate surface area is 114 Å². The topological polar surface area (TPSA) is 72.3 Å². The molecule has 0 aromatic carbocycles. The van der Waals surface area contributed by atoms with Gasteiger partial charge in [-0.25, -0.2) is 9.78 Å². The molecule has 1 N–H and O–H groups in total. The molecule has 2 aromatic rings. The maximum absolute atomic E-state index is 11.5. The second-order valence-electron chi connectivity index (χ2n) is 3.78. The van der Waals surface area contributed by atoms with Gasteiger partial charge in [-0.15, -0.1) is 11.3 Å². The molecule has 0 aliphatic heterocycles. The minimum Gasteiger partial charge on any atom is -0.461 e. The molecule has 2 aromatic heterocycles. The van der Waals surface area contributed by atoms with Crippen LogP contribution in [-0.2, 0) is 11.2 Å². The monoisotopic (exact) mass is 278 g/mol. The summed E-state index contributed by atoms with van der Waals surface area (Å²) in [5, 5.41) is 11.2. The minimum atomic E-state index is -0.415. The van der Waals surface area contributed by atoms with Crippen LogP contribution in [0.2, 0.25) is 0 Å². The van der Waals surface area contributed by atoms with Gasteiger partial charge >= 0.3 is 5.97 Å². The van der Waals surface area contributed by atoms with Gasteiger partial charge in [0.1, 0.15) is 5.01 Å². The van der Waals surface area contributed by atoms with Crippen LogP contribution in [0.3, 0.4) is 0 Å². The lowest BCUT2D eigenvalue weighted by Crippen LogP contribution is -2.04. The number of thiazole rings is 1. The highest BCUT2D eigenvalue weighted by Gasteiger charge is 2.13. The molecule has 0 radical (unpaired) electrons. The van der Waals surface area contributed by atoms with Gasteiger partial charge in [-0.05, 0) is 25.0 Å². The molecule has 0 saturated carbocycles. The average Bonchev–Trinajstić information content (AvgIpc) is 2.90. The number of hydrogen-bond acceptors (Lipinski definition) is 6. The Hall–Kier alpha value is -1.79. The molecular formula is C13H14N2O3S. The molecule has 19 heavy (non-hydrogen) atoms. The molecule has 5 nitrogen and oxygen atoms in total. The van der Waals surface area contributed by atoms with Gasteiger partial charge in [0.25, 0.3) is 0 Å². The SMILES string of the molecule is CCOC(=O)c1csc(-c2ccc(CCO)cn2)n1. The molecular weight excluding hydrogens is 264 g/mol. The fourth-order valence-electron chi connectivity index (χ4n) is 1.52. The van der Waals surface area contributed by atoms with Crippen LogP contribution in [0.15, 0.2) is 23.7 Å². The number of nitrogens with zero attached hydrogens (tertiary/aromatic N) is 2. The van der Waals surface area contributed by atoms with Gasteiger partial charge in [-0.1, -0.05) is 6.07 Å². The fraction of sp³-hybridized carbons (Fsp3) is 0.308. The van der Waals surface area contributed by atoms with Crippen molar-refractivity contribution in [1.82, 2.24) is 9.97 Å². The van der Waals surface area contributed by atoms with Crippen LogP contribution in [0.1, 0.15) is 23.0 Å². The van der Waals surface area contributed by atoms with Crippen LogP contribution >= 0.6 is 11.3 Å². The molecule has 100 valence electrons. The van der Waals surface area contributed by atoms with Crippen molar-refractivity contribution in [2.45, 2.75) is 13.3 Å². The van der Waals surface area contributed by atoms with Gasteiger partial charge in [0.2, 0.25) is 0 Å². The lowest BCUT2D eigenvalue weighted by atomic mass is 10.2. The van der Waals surface area contributed by atoms with E-state index < -0.39 is 5.97 Å². The molecule has 0 fully saturated rings. The Bertz CT molecular complexity index is 551. The van der Waals surface area contributed by atoms with E-state index in [0.717, 1.165) is 5.56 Å². The van der Waals surface area contributed by atoms with Crippen molar-refractivity contribution in [2.24, 2.45) is 0 Å². The lowest BCUT2D eigenvalue weighted by Gasteiger charge is -1.99. The summed E-state index contributed by atoms with van der Waals surface area (Å²) in [6.07, 6.45) is 2.29. The zero-order chi connectivity index (χ0) is 13.7. The second kappa shape index (κ2) is 6.40. The van der Waals surface area contributed by atoms with E-state index in [2.05, 4.69) is 9.97 Å². The standard InChI is InChI=1S/C13H14N2O3S/c1-2-18-13(17)11-8-19-12(15-11)10-4-3-9(5-6-16)7-14-10/h3-4,7-8,16H,2,5-6H2,1H3. The number of aliphatic hydroxyl groups is 1. The van der Waals surface area contributed by atoms with E-state index in [1.807, 2.05) is 12.1 Å². The number of hydrogen-bond donors (Lipinski definition) is 1. The molecule has 0 aliphatic carbocycles. The summed E-state index contributed by atoms with van der Waals surface area (Å²) < 4.78 is 4.89. The highest BCUT2D eigenvalue weighted by atomic mass is 32.1. The first-order valence-corrected chi connectivity index (χ1v) is 6.81. The van der Waals surface area contributed by atoms with Crippen molar-refractivity contribution in [2.75, 3.05) is 13.2 Å². The van der Waals surface area contributed by atoms with Gasteiger partial charge in [-0.3, -0.25) is 4.98 Å². The van der Waals surface area contributed by atoms with Crippen LogP contribution in [0.4, 0.5) is 0 Å². The predicted octanol–water partition coefficient (Wildman–Crippen LogP) is 1.92. The summed E-state index contributed by atoms with van der Waals surface area (Å²) in [4.78, 5) is 20.0. The molecule has 0 unspecified atom stereocenters. The van der Waals surface area contributed by atoms with Gasteiger partial charge in [0.15, 0.2) is 5.69 Å². The maximum atomic E-state index is 11.5. The number of ether oxygens (including phenoxy) is 1. The summed E-state index contributed by atoms with van der Waals surface area (Å²) in [7, 11) is 0. The first-order valence-electron chi connectivity index (χ1n) is 5.93. The van der Waals surface area contributed by atoms with Gasteiger partial charge in [0, 0.05) is 18.2 Å². The smallest absolute Gasteiger partial charge is 0.357 e. The summed E-state index contributed by atoms with van der Waals surface area (Å²) in [6.45, 7) is 2.19. The Balaban J connectivity index is 2.15. The Morgan fingerprint density at radius 2 is 2.32 bits per heavy atom. The number of aliphatic hydroxyl groups excluding tert-OH is 1. The number of carbonyl (C=O) groups excluding carboxylic acids is 1. The van der Waals surface area contributed by atoms with Crippen LogP contribution in [0.25, 0.3) is 10.7 Å². The van der Waals surface area contributed by atoms with Crippen LogP contribution in [0.5, 0.6) is 0 Å². The highest BCUT2D eigenvalue weighted by molar-refractivity contribution is 7.13. The summed E-state index contributed by atoms with van der Waals surface area (Å²) in [5.74, 6) is -0.415. The van der Waals surface area contributed by atoms with E-state index in [1.165, 1.54) is 11.3 Å². The molecule has 2 rings (SSSR count). The third kappa shape index (κ3) is 3.36. The van der Waals surface area contributed by atoms with E-state index in [4.69, 9.17) is 9.84 Å². The Morgan fingerprint density at radius 3 is 2.95 bits per heavy atom. The molecule has 0 spiro atoms. The second-order valence-corrected chi connectivity index (χ2v) is 4.64. The molecule has 0 bridgehead atoms. The summed E-state index contributed by atoms with van der Waals surface area (Å²) >= 11 is 1.35. The van der Waals surface area contributed by atoms with Crippen molar-refractivity contribution < 1.29 is 14.6 Å². The summed E-state index contributed by atoms with van der Waals surface area (Å²) in [6, 6.07) is 3.72. The predicted molar refractivity (Wildman–Crippen MR) is 72.1 cm³/mol. The summed E-state index contributed by atoms with van der Waals surface area (Å²) in [5.41, 5.74) is 1.98. The van der Waals surface area contributed by atoms with Gasteiger partial charge in [-0.2, -0.15) is 0 Å². The van der Waals surface area contributed by atoms with Crippen LogP contribution in [0, 0.1) is 0 Å². The molecule has 0 saturated heterocycles.